The van der Waals surface area contributed by atoms with E-state index in [4.69, 9.17) is 10.8 Å². The molecule has 1 unspecified atom stereocenters. The number of para-hydroxylation sites is 1. The van der Waals surface area contributed by atoms with E-state index in [9.17, 15) is 4.79 Å². The van der Waals surface area contributed by atoms with Crippen molar-refractivity contribution in [2.45, 2.75) is 26.7 Å². The lowest BCUT2D eigenvalue weighted by Gasteiger charge is -2.16. The van der Waals surface area contributed by atoms with Gasteiger partial charge in [-0.1, -0.05) is 49.4 Å². The van der Waals surface area contributed by atoms with Gasteiger partial charge in [-0.05, 0) is 49.4 Å². The van der Waals surface area contributed by atoms with Gasteiger partial charge in [0.2, 0.25) is 0 Å². The Morgan fingerprint density at radius 1 is 1.17 bits per heavy atom. The van der Waals surface area contributed by atoms with Gasteiger partial charge in [0.15, 0.2) is 0 Å². The lowest BCUT2D eigenvalue weighted by molar-refractivity contribution is 0.0788. The largest absolute Gasteiger partial charge is 0.338 e. The lowest BCUT2D eigenvalue weighted by atomic mass is 10.0. The number of aromatic nitrogens is 2. The Labute approximate surface area is 172 Å². The highest BCUT2D eigenvalue weighted by atomic mass is 16.2. The van der Waals surface area contributed by atoms with Crippen LogP contribution >= 0.6 is 0 Å². The van der Waals surface area contributed by atoms with E-state index >= 15 is 0 Å². The van der Waals surface area contributed by atoms with Crippen LogP contribution in [-0.2, 0) is 6.42 Å². The van der Waals surface area contributed by atoms with E-state index in [1.807, 2.05) is 34.0 Å². The Bertz CT molecular complexity index is 1010. The molecule has 0 radical (unpaired) electrons. The number of hydrogen-bond donors (Lipinski definition) is 1. The molecule has 0 saturated carbocycles. The fraction of sp³-hybridized carbons (Fsp3) is 0.333. The van der Waals surface area contributed by atoms with E-state index in [0.717, 1.165) is 48.4 Å². The SMILES string of the molecule is CCc1ccc(-c2nn(-c3ccccc3C)cc2C(=O)N2CCC(CN)C2)cc1. The number of likely N-dealkylation sites (tertiary alicyclic amines) is 1. The summed E-state index contributed by atoms with van der Waals surface area (Å²) in [5, 5.41) is 4.84. The van der Waals surface area contributed by atoms with Gasteiger partial charge in [0.25, 0.3) is 5.91 Å². The van der Waals surface area contributed by atoms with Crippen molar-refractivity contribution in [3.63, 3.8) is 0 Å². The maximum absolute atomic E-state index is 13.4. The maximum atomic E-state index is 13.4. The predicted molar refractivity (Wildman–Crippen MR) is 116 cm³/mol. The molecule has 5 heteroatoms. The third-order valence-electron chi connectivity index (χ3n) is 5.85. The van der Waals surface area contributed by atoms with Crippen LogP contribution in [-0.4, -0.2) is 40.2 Å². The van der Waals surface area contributed by atoms with Gasteiger partial charge in [-0.3, -0.25) is 4.79 Å². The number of rotatable bonds is 5. The van der Waals surface area contributed by atoms with Gasteiger partial charge in [0.1, 0.15) is 5.69 Å². The minimum atomic E-state index is 0.0374. The molecule has 1 aliphatic rings. The van der Waals surface area contributed by atoms with Crippen LogP contribution in [0.4, 0.5) is 0 Å². The summed E-state index contributed by atoms with van der Waals surface area (Å²) in [6.45, 7) is 6.29. The summed E-state index contributed by atoms with van der Waals surface area (Å²) in [6, 6.07) is 16.4. The van der Waals surface area contributed by atoms with E-state index in [1.54, 1.807) is 0 Å². The zero-order chi connectivity index (χ0) is 20.4. The third kappa shape index (κ3) is 3.83. The number of nitrogens with zero attached hydrogens (tertiary/aromatic N) is 3. The first-order valence-corrected chi connectivity index (χ1v) is 10.3. The maximum Gasteiger partial charge on any atom is 0.257 e. The predicted octanol–water partition coefficient (Wildman–Crippen LogP) is 3.83. The molecule has 1 atom stereocenters. The van der Waals surface area contributed by atoms with Gasteiger partial charge in [-0.25, -0.2) is 4.68 Å². The Kier molecular flexibility index (Phi) is 5.49. The molecule has 1 amide bonds. The van der Waals surface area contributed by atoms with Gasteiger partial charge in [0, 0.05) is 24.8 Å². The van der Waals surface area contributed by atoms with Crippen LogP contribution in [0.2, 0.25) is 0 Å². The topological polar surface area (TPSA) is 64.2 Å². The van der Waals surface area contributed by atoms with E-state index < -0.39 is 0 Å². The number of aryl methyl sites for hydroxylation is 2. The van der Waals surface area contributed by atoms with Crippen molar-refractivity contribution in [1.82, 2.24) is 14.7 Å². The molecule has 2 heterocycles. The molecule has 1 saturated heterocycles. The molecule has 0 aliphatic carbocycles. The van der Waals surface area contributed by atoms with Crippen molar-refractivity contribution < 1.29 is 4.79 Å². The van der Waals surface area contributed by atoms with E-state index in [0.29, 0.717) is 18.0 Å². The van der Waals surface area contributed by atoms with Crippen LogP contribution in [0.1, 0.15) is 34.8 Å². The molecule has 2 N–H and O–H groups in total. The molecule has 0 spiro atoms. The van der Waals surface area contributed by atoms with Crippen LogP contribution in [0.5, 0.6) is 0 Å². The van der Waals surface area contributed by atoms with Gasteiger partial charge in [-0.15, -0.1) is 0 Å². The third-order valence-corrected chi connectivity index (χ3v) is 5.85. The molecule has 2 aromatic carbocycles. The summed E-state index contributed by atoms with van der Waals surface area (Å²) in [5.41, 5.74) is 11.5. The lowest BCUT2D eigenvalue weighted by Crippen LogP contribution is -2.30. The molecule has 1 aromatic heterocycles. The first-order valence-electron chi connectivity index (χ1n) is 10.3. The molecule has 29 heavy (non-hydrogen) atoms. The Balaban J connectivity index is 1.77. The van der Waals surface area contributed by atoms with Crippen LogP contribution in [0.25, 0.3) is 16.9 Å². The number of carbonyl (C=O) groups is 1. The number of carbonyl (C=O) groups excluding carboxylic acids is 1. The molecule has 1 fully saturated rings. The number of benzene rings is 2. The Hall–Kier alpha value is -2.92. The van der Waals surface area contributed by atoms with Crippen molar-refractivity contribution in [2.75, 3.05) is 19.6 Å². The van der Waals surface area contributed by atoms with Crippen molar-refractivity contribution in [3.8, 4) is 16.9 Å². The standard InChI is InChI=1S/C24H28N4O/c1-3-18-8-10-20(11-9-18)23-21(24(29)27-13-12-19(14-25)15-27)16-28(26-23)22-7-5-4-6-17(22)2/h4-11,16,19H,3,12-15,25H2,1-2H3. The zero-order valence-electron chi connectivity index (χ0n) is 17.1. The van der Waals surface area contributed by atoms with Crippen molar-refractivity contribution in [1.29, 1.82) is 0 Å². The molecule has 5 nitrogen and oxygen atoms in total. The smallest absolute Gasteiger partial charge is 0.257 e. The molecule has 1 aliphatic heterocycles. The molecule has 4 rings (SSSR count). The first kappa shape index (κ1) is 19.4. The highest BCUT2D eigenvalue weighted by molar-refractivity contribution is 6.00. The van der Waals surface area contributed by atoms with Gasteiger partial charge >= 0.3 is 0 Å². The number of nitrogens with two attached hydrogens (primary N) is 1. The fourth-order valence-electron chi connectivity index (χ4n) is 3.97. The average Bonchev–Trinajstić information content (AvgIpc) is 3.41. The monoisotopic (exact) mass is 388 g/mol. The van der Waals surface area contributed by atoms with Crippen molar-refractivity contribution in [2.24, 2.45) is 11.7 Å². The highest BCUT2D eigenvalue weighted by Crippen LogP contribution is 2.28. The molecule has 3 aromatic rings. The molecular weight excluding hydrogens is 360 g/mol. The van der Waals surface area contributed by atoms with Crippen molar-refractivity contribution >= 4 is 5.91 Å². The second kappa shape index (κ2) is 8.21. The summed E-state index contributed by atoms with van der Waals surface area (Å²) in [7, 11) is 0. The minimum Gasteiger partial charge on any atom is -0.338 e. The Morgan fingerprint density at radius 3 is 2.59 bits per heavy atom. The summed E-state index contributed by atoms with van der Waals surface area (Å²) in [6.07, 6.45) is 3.83. The molecule has 0 bridgehead atoms. The van der Waals surface area contributed by atoms with E-state index in [2.05, 4.69) is 44.2 Å². The van der Waals surface area contributed by atoms with Gasteiger partial charge < -0.3 is 10.6 Å². The first-order chi connectivity index (χ1) is 14.1. The van der Waals surface area contributed by atoms with Crippen LogP contribution in [0.15, 0.2) is 54.7 Å². The fourth-order valence-corrected chi connectivity index (χ4v) is 3.97. The average molecular weight is 389 g/mol. The number of hydrogen-bond acceptors (Lipinski definition) is 3. The summed E-state index contributed by atoms with van der Waals surface area (Å²) < 4.78 is 1.84. The summed E-state index contributed by atoms with van der Waals surface area (Å²) in [5.74, 6) is 0.424. The van der Waals surface area contributed by atoms with Crippen LogP contribution in [0.3, 0.4) is 0 Å². The van der Waals surface area contributed by atoms with Gasteiger partial charge in [0.05, 0.1) is 11.3 Å². The quantitative estimate of drug-likeness (QED) is 0.722. The summed E-state index contributed by atoms with van der Waals surface area (Å²) >= 11 is 0. The Morgan fingerprint density at radius 2 is 1.93 bits per heavy atom. The van der Waals surface area contributed by atoms with Crippen molar-refractivity contribution in [3.05, 3.63) is 71.4 Å². The minimum absolute atomic E-state index is 0.0374. The molecule has 150 valence electrons. The number of amides is 1. The zero-order valence-corrected chi connectivity index (χ0v) is 17.1. The van der Waals surface area contributed by atoms with E-state index in [-0.39, 0.29) is 5.91 Å². The summed E-state index contributed by atoms with van der Waals surface area (Å²) in [4.78, 5) is 15.3. The normalized spacial score (nSPS) is 16.4. The molecular formula is C24H28N4O. The highest BCUT2D eigenvalue weighted by Gasteiger charge is 2.29. The van der Waals surface area contributed by atoms with Crippen LogP contribution < -0.4 is 5.73 Å². The second-order valence-electron chi connectivity index (χ2n) is 7.81. The van der Waals surface area contributed by atoms with Crippen LogP contribution in [0, 0.1) is 12.8 Å². The van der Waals surface area contributed by atoms with E-state index in [1.165, 1.54) is 5.56 Å². The van der Waals surface area contributed by atoms with Gasteiger partial charge in [-0.2, -0.15) is 5.10 Å². The second-order valence-corrected chi connectivity index (χ2v) is 7.81.